The first-order valence-corrected chi connectivity index (χ1v) is 8.57. The Bertz CT molecular complexity index is 753. The molecule has 2 aromatic rings. The van der Waals surface area contributed by atoms with Gasteiger partial charge in [-0.3, -0.25) is 9.59 Å². The number of esters is 1. The lowest BCUT2D eigenvalue weighted by Gasteiger charge is -2.29. The molecule has 0 fully saturated rings. The lowest BCUT2D eigenvalue weighted by atomic mass is 9.77. The molecule has 0 aliphatic carbocycles. The summed E-state index contributed by atoms with van der Waals surface area (Å²) in [7, 11) is 0. The van der Waals surface area contributed by atoms with E-state index in [9.17, 15) is 9.59 Å². The molecule has 0 saturated heterocycles. The van der Waals surface area contributed by atoms with Crippen molar-refractivity contribution in [1.82, 2.24) is 0 Å². The first kappa shape index (κ1) is 19.0. The van der Waals surface area contributed by atoms with Crippen LogP contribution in [-0.2, 0) is 14.3 Å². The third kappa shape index (κ3) is 5.05. The molecule has 4 heteroatoms. The van der Waals surface area contributed by atoms with Crippen LogP contribution in [0.25, 0.3) is 10.8 Å². The van der Waals surface area contributed by atoms with Gasteiger partial charge in [-0.15, -0.1) is 0 Å². The van der Waals surface area contributed by atoms with Crippen LogP contribution >= 0.6 is 0 Å². The zero-order chi connectivity index (χ0) is 18.6. The van der Waals surface area contributed by atoms with Gasteiger partial charge in [-0.2, -0.15) is 0 Å². The summed E-state index contributed by atoms with van der Waals surface area (Å²) in [5.74, 6) is -1.52. The molecular formula is C21H26O4. The van der Waals surface area contributed by atoms with Crippen LogP contribution in [0.1, 0.15) is 52.2 Å². The largest absolute Gasteiger partial charge is 0.481 e. The molecule has 0 spiro atoms. The molecule has 2 atom stereocenters. The zero-order valence-corrected chi connectivity index (χ0v) is 15.3. The van der Waals surface area contributed by atoms with Crippen molar-refractivity contribution in [2.75, 3.05) is 0 Å². The summed E-state index contributed by atoms with van der Waals surface area (Å²) in [6.45, 7) is 7.69. The smallest absolute Gasteiger partial charge is 0.306 e. The van der Waals surface area contributed by atoms with Gasteiger partial charge in [0.25, 0.3) is 0 Å². The molecule has 4 nitrogen and oxygen atoms in total. The lowest BCUT2D eigenvalue weighted by Crippen LogP contribution is -2.27. The number of carboxylic acids is 1. The van der Waals surface area contributed by atoms with Gasteiger partial charge in [-0.25, -0.2) is 0 Å². The van der Waals surface area contributed by atoms with Crippen molar-refractivity contribution in [2.24, 2.45) is 11.3 Å². The van der Waals surface area contributed by atoms with E-state index in [0.717, 1.165) is 16.3 Å². The molecule has 134 valence electrons. The Kier molecular flexibility index (Phi) is 5.83. The van der Waals surface area contributed by atoms with Gasteiger partial charge in [0.05, 0.1) is 0 Å². The van der Waals surface area contributed by atoms with Crippen molar-refractivity contribution < 1.29 is 19.4 Å². The van der Waals surface area contributed by atoms with Gasteiger partial charge in [-0.1, -0.05) is 63.2 Å². The minimum atomic E-state index is -0.894. The summed E-state index contributed by atoms with van der Waals surface area (Å²) in [5, 5.41) is 11.2. The number of hydrogen-bond donors (Lipinski definition) is 1. The summed E-state index contributed by atoms with van der Waals surface area (Å²) < 4.78 is 5.62. The highest BCUT2D eigenvalue weighted by atomic mass is 16.5. The van der Waals surface area contributed by atoms with Crippen LogP contribution in [0, 0.1) is 11.3 Å². The van der Waals surface area contributed by atoms with Crippen molar-refractivity contribution in [3.63, 3.8) is 0 Å². The van der Waals surface area contributed by atoms with Crippen molar-refractivity contribution >= 4 is 22.7 Å². The van der Waals surface area contributed by atoms with E-state index >= 15 is 0 Å². The normalized spacial score (nSPS) is 14.1. The summed E-state index contributed by atoms with van der Waals surface area (Å²) in [6, 6.07) is 13.9. The fraction of sp³-hybridized carbons (Fsp3) is 0.429. The standard InChI is InChI=1S/C21H26O4/c1-14(17-11-7-9-15-8-5-6-10-18(15)17)25-20(24)13-16(12-19(22)23)21(2,3)4/h5-11,14,16H,12-13H2,1-4H3,(H,22,23)/t14-,16-/m0/s1. The van der Waals surface area contributed by atoms with E-state index in [1.807, 2.05) is 70.2 Å². The van der Waals surface area contributed by atoms with Gasteiger partial charge in [0.15, 0.2) is 0 Å². The predicted molar refractivity (Wildman–Crippen MR) is 98.3 cm³/mol. The maximum absolute atomic E-state index is 12.4. The van der Waals surface area contributed by atoms with Gasteiger partial charge in [0.1, 0.15) is 6.10 Å². The molecule has 0 aromatic heterocycles. The Morgan fingerprint density at radius 3 is 2.32 bits per heavy atom. The SMILES string of the molecule is C[C@H](OC(=O)C[C@H](CC(=O)O)C(C)(C)C)c1cccc2ccccc12. The number of hydrogen-bond acceptors (Lipinski definition) is 3. The Balaban J connectivity index is 2.12. The van der Waals surface area contributed by atoms with Crippen LogP contribution in [0.3, 0.4) is 0 Å². The number of aliphatic carboxylic acids is 1. The molecule has 2 aromatic carbocycles. The van der Waals surface area contributed by atoms with E-state index < -0.39 is 5.97 Å². The Hall–Kier alpha value is -2.36. The molecule has 2 rings (SSSR count). The van der Waals surface area contributed by atoms with E-state index in [2.05, 4.69) is 0 Å². The minimum absolute atomic E-state index is 0.0404. The molecule has 0 aliphatic rings. The first-order chi connectivity index (χ1) is 11.7. The summed E-state index contributed by atoms with van der Waals surface area (Å²) in [6.07, 6.45) is -0.323. The highest BCUT2D eigenvalue weighted by Crippen LogP contribution is 2.33. The van der Waals surface area contributed by atoms with Crippen LogP contribution in [0.5, 0.6) is 0 Å². The van der Waals surface area contributed by atoms with Crippen LogP contribution in [0.15, 0.2) is 42.5 Å². The predicted octanol–water partition coefficient (Wildman–Crippen LogP) is 4.97. The Labute approximate surface area is 148 Å². The van der Waals surface area contributed by atoms with Crippen LogP contribution in [-0.4, -0.2) is 17.0 Å². The Morgan fingerprint density at radius 2 is 1.68 bits per heavy atom. The summed E-state index contributed by atoms with van der Waals surface area (Å²) >= 11 is 0. The number of fused-ring (bicyclic) bond motifs is 1. The average molecular weight is 342 g/mol. The summed E-state index contributed by atoms with van der Waals surface area (Å²) in [5.41, 5.74) is 0.678. The molecule has 0 heterocycles. The highest BCUT2D eigenvalue weighted by molar-refractivity contribution is 5.86. The number of rotatable bonds is 6. The molecule has 1 N–H and O–H groups in total. The average Bonchev–Trinajstić information content (AvgIpc) is 2.52. The number of carbonyl (C=O) groups excluding carboxylic acids is 1. The van der Waals surface area contributed by atoms with E-state index in [1.54, 1.807) is 0 Å². The molecule has 0 saturated carbocycles. The molecular weight excluding hydrogens is 316 g/mol. The van der Waals surface area contributed by atoms with Crippen molar-refractivity contribution in [3.8, 4) is 0 Å². The van der Waals surface area contributed by atoms with Gasteiger partial charge in [-0.05, 0) is 34.6 Å². The number of carboxylic acid groups (broad SMARTS) is 1. The van der Waals surface area contributed by atoms with Gasteiger partial charge in [0, 0.05) is 12.8 Å². The quantitative estimate of drug-likeness (QED) is 0.753. The van der Waals surface area contributed by atoms with E-state index in [1.165, 1.54) is 0 Å². The second-order valence-corrected chi connectivity index (χ2v) is 7.57. The maximum atomic E-state index is 12.4. The topological polar surface area (TPSA) is 63.6 Å². The third-order valence-corrected chi connectivity index (χ3v) is 4.63. The minimum Gasteiger partial charge on any atom is -0.481 e. The van der Waals surface area contributed by atoms with Gasteiger partial charge < -0.3 is 9.84 Å². The van der Waals surface area contributed by atoms with Crippen molar-refractivity contribution in [1.29, 1.82) is 0 Å². The molecule has 0 amide bonds. The van der Waals surface area contributed by atoms with E-state index in [0.29, 0.717) is 0 Å². The van der Waals surface area contributed by atoms with E-state index in [4.69, 9.17) is 9.84 Å². The second-order valence-electron chi connectivity index (χ2n) is 7.57. The molecule has 0 bridgehead atoms. The van der Waals surface area contributed by atoms with E-state index in [-0.39, 0.29) is 36.2 Å². The zero-order valence-electron chi connectivity index (χ0n) is 15.3. The first-order valence-electron chi connectivity index (χ1n) is 8.57. The van der Waals surface area contributed by atoms with Gasteiger partial charge in [0.2, 0.25) is 0 Å². The molecule has 0 radical (unpaired) electrons. The summed E-state index contributed by atoms with van der Waals surface area (Å²) in [4.78, 5) is 23.5. The monoisotopic (exact) mass is 342 g/mol. The lowest BCUT2D eigenvalue weighted by molar-refractivity contribution is -0.151. The fourth-order valence-electron chi connectivity index (χ4n) is 3.01. The molecule has 0 unspecified atom stereocenters. The fourth-order valence-corrected chi connectivity index (χ4v) is 3.01. The highest BCUT2D eigenvalue weighted by Gasteiger charge is 2.30. The number of benzene rings is 2. The van der Waals surface area contributed by atoms with Crippen LogP contribution in [0.2, 0.25) is 0 Å². The Morgan fingerprint density at radius 1 is 1.04 bits per heavy atom. The maximum Gasteiger partial charge on any atom is 0.306 e. The van der Waals surface area contributed by atoms with Gasteiger partial charge >= 0.3 is 11.9 Å². The number of carbonyl (C=O) groups is 2. The van der Waals surface area contributed by atoms with Crippen molar-refractivity contribution in [2.45, 2.75) is 46.6 Å². The third-order valence-electron chi connectivity index (χ3n) is 4.63. The number of ether oxygens (including phenoxy) is 1. The van der Waals surface area contributed by atoms with Crippen LogP contribution < -0.4 is 0 Å². The van der Waals surface area contributed by atoms with Crippen LogP contribution in [0.4, 0.5) is 0 Å². The second kappa shape index (κ2) is 7.68. The molecule has 0 aliphatic heterocycles. The molecule has 25 heavy (non-hydrogen) atoms. The van der Waals surface area contributed by atoms with Crippen molar-refractivity contribution in [3.05, 3.63) is 48.0 Å².